The number of methoxy groups -OCH3 is 1. The molecule has 1 heterocycles. The molecule has 35 heavy (non-hydrogen) atoms. The van der Waals surface area contributed by atoms with Crippen LogP contribution in [0.4, 0.5) is 4.39 Å². The first-order valence-corrected chi connectivity index (χ1v) is 11.5. The van der Waals surface area contributed by atoms with Crippen molar-refractivity contribution in [3.63, 3.8) is 0 Å². The van der Waals surface area contributed by atoms with Gasteiger partial charge in [-0.3, -0.25) is 19.2 Å². The Labute approximate surface area is 202 Å². The summed E-state index contributed by atoms with van der Waals surface area (Å²) in [6, 6.07) is 0.761. The molecular formula is C24H30FN3O7. The van der Waals surface area contributed by atoms with Crippen LogP contribution in [-0.4, -0.2) is 71.3 Å². The van der Waals surface area contributed by atoms with Gasteiger partial charge in [0.05, 0.1) is 25.1 Å². The van der Waals surface area contributed by atoms with Crippen molar-refractivity contribution in [1.82, 2.24) is 15.5 Å². The molecule has 2 aliphatic rings. The molecular weight excluding hydrogens is 461 g/mol. The Hall–Kier alpha value is -3.50. The molecule has 11 heteroatoms. The van der Waals surface area contributed by atoms with E-state index in [1.165, 1.54) is 30.2 Å². The van der Waals surface area contributed by atoms with Crippen molar-refractivity contribution >= 4 is 30.0 Å². The number of fused-ring (bicyclic) bond motifs is 2. The highest BCUT2D eigenvalue weighted by Gasteiger charge is 2.53. The molecule has 3 N–H and O–H groups in total. The van der Waals surface area contributed by atoms with Crippen molar-refractivity contribution in [2.75, 3.05) is 7.11 Å². The van der Waals surface area contributed by atoms with E-state index in [-0.39, 0.29) is 29.2 Å². The molecule has 1 aliphatic heterocycles. The monoisotopic (exact) mass is 491 g/mol. The number of amides is 3. The number of hydrogen-bond donors (Lipinski definition) is 3. The van der Waals surface area contributed by atoms with E-state index >= 15 is 0 Å². The summed E-state index contributed by atoms with van der Waals surface area (Å²) in [4.78, 5) is 63.2. The van der Waals surface area contributed by atoms with E-state index in [1.54, 1.807) is 13.8 Å². The number of hydrogen-bond acceptors (Lipinski definition) is 6. The van der Waals surface area contributed by atoms with Crippen LogP contribution in [0.1, 0.15) is 49.9 Å². The van der Waals surface area contributed by atoms with E-state index in [1.807, 2.05) is 0 Å². The molecule has 2 fully saturated rings. The van der Waals surface area contributed by atoms with Crippen molar-refractivity contribution in [2.24, 2.45) is 11.8 Å². The molecule has 3 rings (SSSR count). The molecule has 10 nitrogen and oxygen atoms in total. The number of piperidine rings is 1. The maximum absolute atomic E-state index is 14.6. The van der Waals surface area contributed by atoms with Crippen LogP contribution in [0, 0.1) is 17.7 Å². The number of carboxylic acid groups (broad SMARTS) is 1. The van der Waals surface area contributed by atoms with Gasteiger partial charge in [-0.1, -0.05) is 19.9 Å². The van der Waals surface area contributed by atoms with Crippen LogP contribution in [-0.2, 0) is 19.2 Å². The van der Waals surface area contributed by atoms with Crippen LogP contribution in [0.25, 0.3) is 0 Å². The third-order valence-corrected chi connectivity index (χ3v) is 6.64. The maximum atomic E-state index is 14.6. The van der Waals surface area contributed by atoms with Crippen LogP contribution in [0.15, 0.2) is 18.2 Å². The number of benzene rings is 1. The van der Waals surface area contributed by atoms with Crippen LogP contribution in [0.5, 0.6) is 5.75 Å². The van der Waals surface area contributed by atoms with Crippen LogP contribution < -0.4 is 15.4 Å². The van der Waals surface area contributed by atoms with Gasteiger partial charge < -0.3 is 30.2 Å². The fourth-order valence-electron chi connectivity index (χ4n) is 4.97. The van der Waals surface area contributed by atoms with Gasteiger partial charge in [-0.25, -0.2) is 4.39 Å². The third kappa shape index (κ3) is 5.44. The standard InChI is InChI=1S/C24H30FN3O7/c1-12(2)20(27-22(32)16-5-4-6-17(35-3)19(16)25)24(34)28-15-8-7-13(9-15)21(28)23(33)26-14(11-29)10-18(30)31/h4-6,11-15,20-21H,7-10H2,1-3H3,(H,26,33)(H,27,32)(H,30,31)/t13-,14?,15?,20-,21?/m0/s1. The summed E-state index contributed by atoms with van der Waals surface area (Å²) < 4.78 is 19.5. The van der Waals surface area contributed by atoms with E-state index < -0.39 is 54.1 Å². The van der Waals surface area contributed by atoms with E-state index in [9.17, 15) is 28.4 Å². The number of aldehydes is 1. The lowest BCUT2D eigenvalue weighted by molar-refractivity contribution is -0.146. The lowest BCUT2D eigenvalue weighted by Crippen LogP contribution is -2.60. The highest BCUT2D eigenvalue weighted by atomic mass is 19.1. The second kappa shape index (κ2) is 10.8. The topological polar surface area (TPSA) is 142 Å². The number of likely N-dealkylation sites (tertiary alicyclic amines) is 1. The molecule has 1 saturated heterocycles. The summed E-state index contributed by atoms with van der Waals surface area (Å²) in [7, 11) is 1.28. The second-order valence-electron chi connectivity index (χ2n) is 9.28. The predicted molar refractivity (Wildman–Crippen MR) is 121 cm³/mol. The fourth-order valence-corrected chi connectivity index (χ4v) is 4.97. The van der Waals surface area contributed by atoms with Crippen molar-refractivity contribution in [2.45, 2.75) is 63.7 Å². The number of ether oxygens (including phenoxy) is 1. The Balaban J connectivity index is 1.82. The van der Waals surface area contributed by atoms with E-state index in [4.69, 9.17) is 9.84 Å². The molecule has 3 amide bonds. The average molecular weight is 492 g/mol. The predicted octanol–water partition coefficient (Wildman–Crippen LogP) is 1.13. The molecule has 1 aromatic rings. The maximum Gasteiger partial charge on any atom is 0.305 e. The normalized spacial score (nSPS) is 22.4. The number of nitrogens with zero attached hydrogens (tertiary/aromatic N) is 1. The summed E-state index contributed by atoms with van der Waals surface area (Å²) >= 11 is 0. The highest BCUT2D eigenvalue weighted by molar-refractivity contribution is 5.99. The van der Waals surface area contributed by atoms with Gasteiger partial charge in [-0.15, -0.1) is 0 Å². The number of carboxylic acids is 1. The molecule has 2 bridgehead atoms. The summed E-state index contributed by atoms with van der Waals surface area (Å²) in [5.41, 5.74) is -0.275. The molecule has 0 aromatic heterocycles. The van der Waals surface area contributed by atoms with Crippen LogP contribution in [0.2, 0.25) is 0 Å². The van der Waals surface area contributed by atoms with Gasteiger partial charge in [0.1, 0.15) is 18.4 Å². The minimum absolute atomic E-state index is 0.107. The number of aliphatic carboxylic acids is 1. The van der Waals surface area contributed by atoms with Gasteiger partial charge in [0, 0.05) is 6.04 Å². The van der Waals surface area contributed by atoms with Gasteiger partial charge in [0.15, 0.2) is 11.6 Å². The molecule has 0 radical (unpaired) electrons. The molecule has 0 spiro atoms. The molecule has 5 atom stereocenters. The zero-order valence-electron chi connectivity index (χ0n) is 19.8. The Morgan fingerprint density at radius 2 is 1.94 bits per heavy atom. The molecule has 1 saturated carbocycles. The van der Waals surface area contributed by atoms with Crippen molar-refractivity contribution in [3.8, 4) is 5.75 Å². The van der Waals surface area contributed by atoms with Gasteiger partial charge in [0.25, 0.3) is 5.91 Å². The Bertz CT molecular complexity index is 1010. The van der Waals surface area contributed by atoms with Crippen molar-refractivity contribution in [3.05, 3.63) is 29.6 Å². The second-order valence-corrected chi connectivity index (χ2v) is 9.28. The zero-order valence-corrected chi connectivity index (χ0v) is 19.8. The summed E-state index contributed by atoms with van der Waals surface area (Å²) in [6.45, 7) is 3.45. The Morgan fingerprint density at radius 3 is 2.54 bits per heavy atom. The van der Waals surface area contributed by atoms with Crippen LogP contribution >= 0.6 is 0 Å². The SMILES string of the molecule is COc1cccc(C(=O)N[C@H](C(=O)N2C3CC[C@@H](C3)C2C(=O)NC(C=O)CC(=O)O)C(C)C)c1F. The van der Waals surface area contributed by atoms with Crippen molar-refractivity contribution < 1.29 is 38.2 Å². The smallest absolute Gasteiger partial charge is 0.305 e. The number of halogens is 1. The lowest BCUT2D eigenvalue weighted by Gasteiger charge is -2.38. The van der Waals surface area contributed by atoms with Gasteiger partial charge in [-0.2, -0.15) is 0 Å². The van der Waals surface area contributed by atoms with E-state index in [0.29, 0.717) is 25.5 Å². The lowest BCUT2D eigenvalue weighted by atomic mass is 9.95. The molecule has 190 valence electrons. The number of carbonyl (C=O) groups excluding carboxylic acids is 4. The largest absolute Gasteiger partial charge is 0.494 e. The minimum Gasteiger partial charge on any atom is -0.494 e. The van der Waals surface area contributed by atoms with E-state index in [0.717, 1.165) is 0 Å². The molecule has 1 aliphatic carbocycles. The Kier molecular flexibility index (Phi) is 8.08. The fraction of sp³-hybridized carbons (Fsp3) is 0.542. The first kappa shape index (κ1) is 26.1. The quantitative estimate of drug-likeness (QED) is 0.417. The molecule has 3 unspecified atom stereocenters. The minimum atomic E-state index is -1.24. The number of carbonyl (C=O) groups is 5. The first-order chi connectivity index (χ1) is 16.6. The summed E-state index contributed by atoms with van der Waals surface area (Å²) in [5.74, 6) is -4.58. The first-order valence-electron chi connectivity index (χ1n) is 11.5. The number of rotatable bonds is 10. The number of nitrogens with one attached hydrogen (secondary N) is 2. The van der Waals surface area contributed by atoms with E-state index in [2.05, 4.69) is 10.6 Å². The van der Waals surface area contributed by atoms with Gasteiger partial charge in [0.2, 0.25) is 11.8 Å². The zero-order chi connectivity index (χ0) is 25.9. The van der Waals surface area contributed by atoms with Crippen LogP contribution in [0.3, 0.4) is 0 Å². The summed E-state index contributed by atoms with van der Waals surface area (Å²) in [6.07, 6.45) is 1.78. The molecule has 1 aromatic carbocycles. The third-order valence-electron chi connectivity index (χ3n) is 6.64. The van der Waals surface area contributed by atoms with Gasteiger partial charge in [-0.05, 0) is 43.2 Å². The summed E-state index contributed by atoms with van der Waals surface area (Å²) in [5, 5.41) is 14.0. The Morgan fingerprint density at radius 1 is 1.23 bits per heavy atom. The van der Waals surface area contributed by atoms with Crippen molar-refractivity contribution in [1.29, 1.82) is 0 Å². The highest BCUT2D eigenvalue weighted by Crippen LogP contribution is 2.43. The van der Waals surface area contributed by atoms with Gasteiger partial charge >= 0.3 is 5.97 Å². The average Bonchev–Trinajstić information content (AvgIpc) is 3.43.